The molecule has 0 bridgehead atoms. The smallest absolute Gasteiger partial charge is 0.420 e. The van der Waals surface area contributed by atoms with Crippen molar-refractivity contribution in [1.29, 1.82) is 0 Å². The lowest BCUT2D eigenvalue weighted by atomic mass is 9.99. The van der Waals surface area contributed by atoms with Crippen LogP contribution in [0.25, 0.3) is 22.2 Å². The minimum Gasteiger partial charge on any atom is -0.477 e. The molecule has 0 atom stereocenters. The van der Waals surface area contributed by atoms with E-state index in [1.54, 1.807) is 19.3 Å². The summed E-state index contributed by atoms with van der Waals surface area (Å²) in [6.07, 6.45) is 4.00. The van der Waals surface area contributed by atoms with Crippen molar-refractivity contribution in [2.45, 2.75) is 19.4 Å². The first-order valence-corrected chi connectivity index (χ1v) is 11.8. The molecule has 0 saturated carbocycles. The number of carbonyl (C=O) groups is 1. The number of aromatic nitrogens is 2. The third-order valence-electron chi connectivity index (χ3n) is 6.47. The quantitative estimate of drug-likeness (QED) is 0.441. The van der Waals surface area contributed by atoms with Crippen LogP contribution < -0.4 is 20.7 Å². The van der Waals surface area contributed by atoms with Crippen LogP contribution in [0.4, 0.5) is 5.69 Å². The molecule has 1 N–H and O–H groups in total. The van der Waals surface area contributed by atoms with Gasteiger partial charge in [0, 0.05) is 30.6 Å². The zero-order chi connectivity index (χ0) is 24.2. The van der Waals surface area contributed by atoms with E-state index in [1.807, 2.05) is 54.6 Å². The number of oxazole rings is 1. The van der Waals surface area contributed by atoms with Crippen LogP contribution in [-0.4, -0.2) is 42.2 Å². The zero-order valence-corrected chi connectivity index (χ0v) is 19.6. The van der Waals surface area contributed by atoms with Gasteiger partial charge < -0.3 is 19.4 Å². The van der Waals surface area contributed by atoms with E-state index in [2.05, 4.69) is 10.3 Å². The summed E-state index contributed by atoms with van der Waals surface area (Å²) in [4.78, 5) is 31.4. The molecule has 1 fully saturated rings. The molecule has 8 heteroatoms. The fourth-order valence-electron chi connectivity index (χ4n) is 4.32. The summed E-state index contributed by atoms with van der Waals surface area (Å²) < 4.78 is 12.6. The van der Waals surface area contributed by atoms with Crippen molar-refractivity contribution in [2.75, 3.05) is 31.6 Å². The number of likely N-dealkylation sites (N-methyl/N-ethyl adjacent to an activating group) is 1. The van der Waals surface area contributed by atoms with Gasteiger partial charge in [-0.25, -0.2) is 9.78 Å². The summed E-state index contributed by atoms with van der Waals surface area (Å²) in [6.45, 7) is 2.63. The standard InChI is InChI=1S/C27H28N4O4/c1-30(22-5-3-2-4-6-22)26(32)17-31-23-15-20(7-9-24(23)35-27(31)33)21-8-10-25(29-16-21)34-18-19-11-13-28-14-12-19/h2-10,15-16,19,28H,11-14,17-18H2,1H3. The van der Waals surface area contributed by atoms with Gasteiger partial charge in [-0.3, -0.25) is 9.36 Å². The molecule has 2 aromatic carbocycles. The van der Waals surface area contributed by atoms with Crippen LogP contribution in [0.3, 0.4) is 0 Å². The van der Waals surface area contributed by atoms with Gasteiger partial charge in [0.2, 0.25) is 11.8 Å². The van der Waals surface area contributed by atoms with Gasteiger partial charge in [-0.2, -0.15) is 0 Å². The topological polar surface area (TPSA) is 89.6 Å². The number of hydrogen-bond donors (Lipinski definition) is 1. The molecular weight excluding hydrogens is 444 g/mol. The number of pyridine rings is 1. The van der Waals surface area contributed by atoms with Crippen molar-refractivity contribution < 1.29 is 13.9 Å². The van der Waals surface area contributed by atoms with E-state index in [0.717, 1.165) is 42.7 Å². The fourth-order valence-corrected chi connectivity index (χ4v) is 4.32. The number of hydrogen-bond acceptors (Lipinski definition) is 6. The number of ether oxygens (including phenoxy) is 1. The maximum atomic E-state index is 12.9. The number of nitrogens with zero attached hydrogens (tertiary/aromatic N) is 3. The number of para-hydroxylation sites is 1. The number of amides is 1. The Morgan fingerprint density at radius 3 is 2.63 bits per heavy atom. The number of benzene rings is 2. The van der Waals surface area contributed by atoms with Gasteiger partial charge in [-0.15, -0.1) is 0 Å². The Hall–Kier alpha value is -3.91. The number of fused-ring (bicyclic) bond motifs is 1. The first kappa shape index (κ1) is 22.9. The third-order valence-corrected chi connectivity index (χ3v) is 6.47. The first-order valence-electron chi connectivity index (χ1n) is 11.8. The molecule has 2 aromatic heterocycles. The van der Waals surface area contributed by atoms with Gasteiger partial charge in [0.05, 0.1) is 12.1 Å². The second kappa shape index (κ2) is 10.1. The highest BCUT2D eigenvalue weighted by molar-refractivity contribution is 5.93. The average Bonchev–Trinajstić information content (AvgIpc) is 3.22. The molecule has 35 heavy (non-hydrogen) atoms. The molecule has 4 aromatic rings. The van der Waals surface area contributed by atoms with Gasteiger partial charge in [0.25, 0.3) is 0 Å². The summed E-state index contributed by atoms with van der Waals surface area (Å²) >= 11 is 0. The van der Waals surface area contributed by atoms with Crippen molar-refractivity contribution in [1.82, 2.24) is 14.9 Å². The number of rotatable bonds is 7. The summed E-state index contributed by atoms with van der Waals surface area (Å²) in [7, 11) is 1.69. The number of anilines is 1. The summed E-state index contributed by atoms with van der Waals surface area (Å²) in [5.41, 5.74) is 3.51. The molecule has 1 saturated heterocycles. The second-order valence-electron chi connectivity index (χ2n) is 8.81. The van der Waals surface area contributed by atoms with Gasteiger partial charge in [-0.1, -0.05) is 24.3 Å². The maximum Gasteiger partial charge on any atom is 0.420 e. The highest BCUT2D eigenvalue weighted by atomic mass is 16.5. The first-order chi connectivity index (χ1) is 17.1. The van der Waals surface area contributed by atoms with Gasteiger partial charge in [0.15, 0.2) is 5.58 Å². The Bertz CT molecular complexity index is 1360. The van der Waals surface area contributed by atoms with E-state index >= 15 is 0 Å². The predicted molar refractivity (Wildman–Crippen MR) is 135 cm³/mol. The number of carbonyl (C=O) groups excluding carboxylic acids is 1. The Morgan fingerprint density at radius 2 is 1.89 bits per heavy atom. The summed E-state index contributed by atoms with van der Waals surface area (Å²) in [5.74, 6) is 0.375. The van der Waals surface area contributed by atoms with Crippen LogP contribution in [0.15, 0.2) is 76.1 Å². The van der Waals surface area contributed by atoms with Crippen LogP contribution in [0.2, 0.25) is 0 Å². The van der Waals surface area contributed by atoms with Crippen molar-refractivity contribution >= 4 is 22.7 Å². The van der Waals surface area contributed by atoms with E-state index in [-0.39, 0.29) is 12.5 Å². The number of piperidine rings is 1. The minimum absolute atomic E-state index is 0.123. The molecule has 0 unspecified atom stereocenters. The van der Waals surface area contributed by atoms with Crippen molar-refractivity contribution in [2.24, 2.45) is 5.92 Å². The molecule has 0 spiro atoms. The lowest BCUT2D eigenvalue weighted by molar-refractivity contribution is -0.118. The molecular formula is C27H28N4O4. The van der Waals surface area contributed by atoms with Crippen LogP contribution in [0.1, 0.15) is 12.8 Å². The molecule has 3 heterocycles. The Balaban J connectivity index is 1.33. The van der Waals surface area contributed by atoms with Crippen molar-refractivity contribution in [3.05, 3.63) is 77.4 Å². The van der Waals surface area contributed by atoms with Gasteiger partial charge in [0.1, 0.15) is 6.54 Å². The number of nitrogens with one attached hydrogen (secondary N) is 1. The Labute approximate surface area is 203 Å². The highest BCUT2D eigenvalue weighted by Crippen LogP contribution is 2.25. The second-order valence-corrected chi connectivity index (χ2v) is 8.81. The van der Waals surface area contributed by atoms with E-state index in [9.17, 15) is 9.59 Å². The molecule has 0 aliphatic carbocycles. The molecule has 1 aliphatic heterocycles. The normalized spacial score (nSPS) is 14.2. The van der Waals surface area contributed by atoms with Crippen LogP contribution in [0.5, 0.6) is 5.88 Å². The lowest BCUT2D eigenvalue weighted by Crippen LogP contribution is -2.32. The molecule has 1 aliphatic rings. The van der Waals surface area contributed by atoms with E-state index in [1.165, 1.54) is 9.47 Å². The molecule has 1 amide bonds. The predicted octanol–water partition coefficient (Wildman–Crippen LogP) is 3.70. The maximum absolute atomic E-state index is 12.9. The monoisotopic (exact) mass is 472 g/mol. The van der Waals surface area contributed by atoms with Crippen molar-refractivity contribution in [3.63, 3.8) is 0 Å². The fraction of sp³-hybridized carbons (Fsp3) is 0.296. The van der Waals surface area contributed by atoms with Crippen LogP contribution in [0, 0.1) is 5.92 Å². The average molecular weight is 473 g/mol. The molecule has 8 nitrogen and oxygen atoms in total. The Morgan fingerprint density at radius 1 is 1.11 bits per heavy atom. The van der Waals surface area contributed by atoms with Crippen LogP contribution in [-0.2, 0) is 11.3 Å². The zero-order valence-electron chi connectivity index (χ0n) is 19.6. The van der Waals surface area contributed by atoms with E-state index in [4.69, 9.17) is 9.15 Å². The van der Waals surface area contributed by atoms with Crippen molar-refractivity contribution in [3.8, 4) is 17.0 Å². The molecule has 0 radical (unpaired) electrons. The van der Waals surface area contributed by atoms with Gasteiger partial charge in [-0.05, 0) is 67.7 Å². The Kier molecular flexibility index (Phi) is 6.63. The third kappa shape index (κ3) is 5.12. The minimum atomic E-state index is -0.563. The van der Waals surface area contributed by atoms with E-state index in [0.29, 0.717) is 29.5 Å². The summed E-state index contributed by atoms with van der Waals surface area (Å²) in [6, 6.07) is 18.6. The SMILES string of the molecule is CN(C(=O)Cn1c(=O)oc2ccc(-c3ccc(OCC4CCNCC4)nc3)cc21)c1ccccc1. The van der Waals surface area contributed by atoms with Crippen LogP contribution >= 0.6 is 0 Å². The largest absolute Gasteiger partial charge is 0.477 e. The van der Waals surface area contributed by atoms with E-state index < -0.39 is 5.76 Å². The van der Waals surface area contributed by atoms with Gasteiger partial charge >= 0.3 is 5.76 Å². The molecule has 5 rings (SSSR count). The molecule has 180 valence electrons. The highest BCUT2D eigenvalue weighted by Gasteiger charge is 2.18. The lowest BCUT2D eigenvalue weighted by Gasteiger charge is -2.22. The summed E-state index contributed by atoms with van der Waals surface area (Å²) in [5, 5.41) is 3.36.